The van der Waals surface area contributed by atoms with Crippen molar-refractivity contribution in [2.45, 2.75) is 342 Å². The van der Waals surface area contributed by atoms with Gasteiger partial charge in [0.2, 0.25) is 0 Å². The summed E-state index contributed by atoms with van der Waals surface area (Å²) >= 11 is 0. The molecule has 0 fully saturated rings. The largest absolute Gasteiger partial charge is 0.472 e. The highest BCUT2D eigenvalue weighted by molar-refractivity contribution is 7.47. The third-order valence-corrected chi connectivity index (χ3v) is 17.0. The van der Waals surface area contributed by atoms with Crippen molar-refractivity contribution >= 4 is 39.5 Å². The van der Waals surface area contributed by atoms with E-state index in [0.29, 0.717) is 25.7 Å². The van der Waals surface area contributed by atoms with E-state index in [4.69, 9.17) is 37.0 Å². The first-order chi connectivity index (χ1) is 40.1. The van der Waals surface area contributed by atoms with Gasteiger partial charge in [-0.3, -0.25) is 37.3 Å². The first-order valence-corrected chi connectivity index (χ1v) is 36.7. The fraction of sp³-hybridized carbons (Fsp3) is 0.938. The molecule has 3 N–H and O–H groups in total. The highest BCUT2D eigenvalue weighted by Gasteiger charge is 2.30. The smallest absolute Gasteiger partial charge is 0.462 e. The molecular weight excluding hydrogens is 1100 g/mol. The number of carbonyl (C=O) groups excluding carboxylic acids is 4. The van der Waals surface area contributed by atoms with Gasteiger partial charge in [0.15, 0.2) is 12.2 Å². The average molecular weight is 1230 g/mol. The van der Waals surface area contributed by atoms with Gasteiger partial charge in [-0.05, 0) is 31.6 Å². The molecular formula is C64H124O17P2. The molecule has 3 unspecified atom stereocenters. The lowest BCUT2D eigenvalue weighted by molar-refractivity contribution is -0.161. The number of hydrogen-bond donors (Lipinski definition) is 3. The monoisotopic (exact) mass is 1230 g/mol. The van der Waals surface area contributed by atoms with Crippen LogP contribution in [0, 0.1) is 5.92 Å². The fourth-order valence-corrected chi connectivity index (χ4v) is 11.1. The molecule has 83 heavy (non-hydrogen) atoms. The van der Waals surface area contributed by atoms with Crippen molar-refractivity contribution in [2.75, 3.05) is 39.6 Å². The number of hydrogen-bond acceptors (Lipinski definition) is 15. The summed E-state index contributed by atoms with van der Waals surface area (Å²) in [4.78, 5) is 72.2. The third-order valence-electron chi connectivity index (χ3n) is 15.1. The van der Waals surface area contributed by atoms with E-state index in [-0.39, 0.29) is 25.7 Å². The second-order valence-electron chi connectivity index (χ2n) is 23.4. The molecule has 0 aromatic rings. The van der Waals surface area contributed by atoms with Crippen LogP contribution in [-0.4, -0.2) is 96.7 Å². The number of unbranched alkanes of at least 4 members (excludes halogenated alkanes) is 35. The molecule has 0 saturated carbocycles. The number of phosphoric acid groups is 2. The van der Waals surface area contributed by atoms with Gasteiger partial charge in [-0.25, -0.2) is 9.13 Å². The van der Waals surface area contributed by atoms with Crippen LogP contribution < -0.4 is 0 Å². The zero-order valence-corrected chi connectivity index (χ0v) is 55.1. The molecule has 492 valence electrons. The Balaban J connectivity index is 5.24. The zero-order chi connectivity index (χ0) is 61.3. The number of phosphoric ester groups is 2. The van der Waals surface area contributed by atoms with Gasteiger partial charge < -0.3 is 33.8 Å². The van der Waals surface area contributed by atoms with Crippen LogP contribution in [0.15, 0.2) is 0 Å². The summed E-state index contributed by atoms with van der Waals surface area (Å²) in [5, 5.41) is 10.5. The van der Waals surface area contributed by atoms with Gasteiger partial charge in [0.1, 0.15) is 19.3 Å². The molecule has 0 radical (unpaired) electrons. The van der Waals surface area contributed by atoms with Crippen molar-refractivity contribution in [3.05, 3.63) is 0 Å². The highest BCUT2D eigenvalue weighted by Crippen LogP contribution is 2.45. The Morgan fingerprint density at radius 2 is 0.578 bits per heavy atom. The summed E-state index contributed by atoms with van der Waals surface area (Å²) < 4.78 is 68.0. The van der Waals surface area contributed by atoms with Gasteiger partial charge in [0.25, 0.3) is 0 Å². The Morgan fingerprint density at radius 3 is 0.855 bits per heavy atom. The van der Waals surface area contributed by atoms with Crippen molar-refractivity contribution in [1.82, 2.24) is 0 Å². The van der Waals surface area contributed by atoms with E-state index < -0.39 is 97.5 Å². The molecule has 0 amide bonds. The van der Waals surface area contributed by atoms with Gasteiger partial charge in [0, 0.05) is 25.7 Å². The maximum Gasteiger partial charge on any atom is 0.472 e. The van der Waals surface area contributed by atoms with Crippen molar-refractivity contribution in [3.8, 4) is 0 Å². The second-order valence-corrected chi connectivity index (χ2v) is 26.3. The van der Waals surface area contributed by atoms with Crippen LogP contribution in [0.5, 0.6) is 0 Å². The second kappa shape index (κ2) is 57.8. The third kappa shape index (κ3) is 57.6. The number of carbonyl (C=O) groups is 4. The molecule has 0 saturated heterocycles. The maximum atomic E-state index is 13.0. The van der Waals surface area contributed by atoms with Crippen LogP contribution in [0.2, 0.25) is 0 Å². The summed E-state index contributed by atoms with van der Waals surface area (Å²) in [6.45, 7) is 7.14. The topological polar surface area (TPSA) is 237 Å². The van der Waals surface area contributed by atoms with Gasteiger partial charge in [-0.1, -0.05) is 272 Å². The minimum atomic E-state index is -4.94. The maximum absolute atomic E-state index is 13.0. The van der Waals surface area contributed by atoms with Gasteiger partial charge in [0.05, 0.1) is 26.4 Å². The molecule has 0 aromatic heterocycles. The highest BCUT2D eigenvalue weighted by atomic mass is 31.2. The number of ether oxygens (including phenoxy) is 4. The number of aliphatic hydroxyl groups is 1. The van der Waals surface area contributed by atoms with Gasteiger partial charge in [-0.15, -0.1) is 0 Å². The minimum Gasteiger partial charge on any atom is -0.462 e. The van der Waals surface area contributed by atoms with Crippen LogP contribution in [-0.2, 0) is 65.4 Å². The summed E-state index contributed by atoms with van der Waals surface area (Å²) in [6, 6.07) is 0. The first kappa shape index (κ1) is 81.1. The summed E-state index contributed by atoms with van der Waals surface area (Å²) in [5.41, 5.74) is 0. The van der Waals surface area contributed by atoms with E-state index in [2.05, 4.69) is 34.6 Å². The van der Waals surface area contributed by atoms with Crippen LogP contribution in [0.1, 0.15) is 324 Å². The Bertz CT molecular complexity index is 1620. The average Bonchev–Trinajstić information content (AvgIpc) is 3.48. The molecule has 0 aliphatic rings. The molecule has 0 aliphatic carbocycles. The molecule has 0 aromatic carbocycles. The molecule has 6 atom stereocenters. The summed E-state index contributed by atoms with van der Waals surface area (Å²) in [6.07, 6.45) is 41.6. The van der Waals surface area contributed by atoms with Gasteiger partial charge >= 0.3 is 39.5 Å². The lowest BCUT2D eigenvalue weighted by Crippen LogP contribution is -2.30. The number of aliphatic hydroxyl groups excluding tert-OH is 1. The standard InChI is InChI=1S/C64H124O17P2/c1-6-10-13-16-19-22-25-27-30-33-39-44-49-63(68)80-59(53-74-62(67)48-43-38-32-29-26-23-20-17-14-11-7-2)55-78-82(70,71)76-51-58(65)52-77-83(72,73)79-56-60(81-64(69)50-45-40-35-34-36-41-46-57(5)9-4)54-75-61(66)47-42-37-31-28-24-21-18-15-12-8-3/h57-60,65H,6-56H2,1-5H3,(H,70,71)(H,72,73)/t57?,58-,59-,60-/m1/s1. The van der Waals surface area contributed by atoms with Crippen LogP contribution >= 0.6 is 15.6 Å². The van der Waals surface area contributed by atoms with E-state index in [1.165, 1.54) is 148 Å². The van der Waals surface area contributed by atoms with Crippen molar-refractivity contribution in [2.24, 2.45) is 5.92 Å². The lowest BCUT2D eigenvalue weighted by Gasteiger charge is -2.21. The lowest BCUT2D eigenvalue weighted by atomic mass is 10.00. The van der Waals surface area contributed by atoms with Crippen molar-refractivity contribution < 1.29 is 80.2 Å². The number of rotatable bonds is 64. The zero-order valence-electron chi connectivity index (χ0n) is 53.3. The fourth-order valence-electron chi connectivity index (χ4n) is 9.55. The Labute approximate surface area is 505 Å². The van der Waals surface area contributed by atoms with Crippen LogP contribution in [0.25, 0.3) is 0 Å². The normalized spacial score (nSPS) is 14.6. The van der Waals surface area contributed by atoms with E-state index in [1.54, 1.807) is 0 Å². The minimum absolute atomic E-state index is 0.103. The number of esters is 4. The summed E-state index contributed by atoms with van der Waals surface area (Å²) in [7, 11) is -9.88. The van der Waals surface area contributed by atoms with Crippen molar-refractivity contribution in [1.29, 1.82) is 0 Å². The van der Waals surface area contributed by atoms with E-state index >= 15 is 0 Å². The molecule has 17 nitrogen and oxygen atoms in total. The SMILES string of the molecule is CCCCCCCCCCCCCCC(=O)O[C@H](COC(=O)CCCCCCCCCCCCC)COP(=O)(O)OC[C@@H](O)COP(=O)(O)OC[C@@H](COC(=O)CCCCCCCCCCCC)OC(=O)CCCCCCCCC(C)CC. The van der Waals surface area contributed by atoms with Crippen LogP contribution in [0.3, 0.4) is 0 Å². The Kier molecular flexibility index (Phi) is 56.4. The molecule has 0 aliphatic heterocycles. The van der Waals surface area contributed by atoms with E-state index in [1.807, 2.05) is 0 Å². The predicted octanol–water partition coefficient (Wildman–Crippen LogP) is 17.8. The molecule has 0 bridgehead atoms. The molecule has 0 rings (SSSR count). The quantitative estimate of drug-likeness (QED) is 0.0222. The van der Waals surface area contributed by atoms with Gasteiger partial charge in [-0.2, -0.15) is 0 Å². The first-order valence-electron chi connectivity index (χ1n) is 33.7. The molecule has 19 heteroatoms. The Hall–Kier alpha value is -1.94. The van der Waals surface area contributed by atoms with Crippen LogP contribution in [0.4, 0.5) is 0 Å². The summed E-state index contributed by atoms with van der Waals surface area (Å²) in [5.74, 6) is -1.41. The Morgan fingerprint density at radius 1 is 0.337 bits per heavy atom. The predicted molar refractivity (Wildman–Crippen MR) is 331 cm³/mol. The van der Waals surface area contributed by atoms with E-state index in [0.717, 1.165) is 95.8 Å². The molecule has 0 heterocycles. The molecule has 0 spiro atoms. The van der Waals surface area contributed by atoms with Crippen molar-refractivity contribution in [3.63, 3.8) is 0 Å². The van der Waals surface area contributed by atoms with E-state index in [9.17, 15) is 43.2 Å².